The van der Waals surface area contributed by atoms with E-state index < -0.39 is 14.9 Å². The molecule has 0 heterocycles. The Kier molecular flexibility index (Phi) is 9.67. The zero-order valence-electron chi connectivity index (χ0n) is 12.4. The molecule has 120 valence electrons. The van der Waals surface area contributed by atoms with Gasteiger partial charge in [0.25, 0.3) is 10.1 Å². The fraction of sp³-hybridized carbons (Fsp3) is 0.750. The number of hydrogen-bond donors (Lipinski definition) is 2. The Hall–Kier alpha value is -0.960. The molecule has 0 aliphatic carbocycles. The number of carbonyl (C=O) groups is 1. The summed E-state index contributed by atoms with van der Waals surface area (Å²) in [6.07, 6.45) is 0.749. The highest BCUT2D eigenvalue weighted by atomic mass is 32.2. The van der Waals surface area contributed by atoms with Crippen LogP contribution in [-0.2, 0) is 19.1 Å². The van der Waals surface area contributed by atoms with E-state index in [4.69, 9.17) is 9.92 Å². The van der Waals surface area contributed by atoms with E-state index in [9.17, 15) is 13.2 Å². The van der Waals surface area contributed by atoms with Crippen LogP contribution in [0.5, 0.6) is 0 Å². The molecule has 0 aliphatic rings. The van der Waals surface area contributed by atoms with Gasteiger partial charge in [0, 0.05) is 12.1 Å². The number of hydrogen-bond acceptors (Lipinski definition) is 5. The Morgan fingerprint density at radius 3 is 2.40 bits per heavy atom. The monoisotopic (exact) mass is 310 g/mol. The van der Waals surface area contributed by atoms with Crippen molar-refractivity contribution in [2.75, 3.05) is 19.7 Å². The third kappa shape index (κ3) is 6.99. The van der Waals surface area contributed by atoms with Crippen molar-refractivity contribution < 1.29 is 22.9 Å². The van der Waals surface area contributed by atoms with Crippen LogP contribution in [0.15, 0.2) is 12.2 Å². The molecule has 0 saturated heterocycles. The van der Waals surface area contributed by atoms with Crippen LogP contribution in [0.2, 0.25) is 0 Å². The molecule has 7 nitrogen and oxygen atoms in total. The standard InChI is InChI=1S/C12H24N2O4S.H2O/c1-10(2)11(15)14-8-5-9-18-19(16,17)12(3,4)6-7-13;/h1,5-9,13H2,2-4H3,(H,14,15);1H2. The van der Waals surface area contributed by atoms with E-state index in [0.717, 1.165) is 0 Å². The normalized spacial score (nSPS) is 11.6. The first kappa shape index (κ1) is 21.3. The van der Waals surface area contributed by atoms with Crippen molar-refractivity contribution in [1.29, 1.82) is 0 Å². The minimum absolute atomic E-state index is 0. The van der Waals surface area contributed by atoms with Crippen molar-refractivity contribution >= 4 is 16.0 Å². The third-order valence-electron chi connectivity index (χ3n) is 2.66. The lowest BCUT2D eigenvalue weighted by Crippen LogP contribution is -2.36. The van der Waals surface area contributed by atoms with E-state index >= 15 is 0 Å². The molecule has 0 saturated carbocycles. The Morgan fingerprint density at radius 2 is 1.95 bits per heavy atom. The summed E-state index contributed by atoms with van der Waals surface area (Å²) in [6.45, 7) is 8.92. The lowest BCUT2D eigenvalue weighted by Gasteiger charge is -2.23. The van der Waals surface area contributed by atoms with Crippen molar-refractivity contribution in [3.8, 4) is 0 Å². The van der Waals surface area contributed by atoms with E-state index in [0.29, 0.717) is 25.0 Å². The van der Waals surface area contributed by atoms with Crippen LogP contribution in [0.3, 0.4) is 0 Å². The zero-order valence-corrected chi connectivity index (χ0v) is 13.2. The Morgan fingerprint density at radius 1 is 1.40 bits per heavy atom. The van der Waals surface area contributed by atoms with Gasteiger partial charge in [-0.05, 0) is 40.2 Å². The zero-order chi connectivity index (χ0) is 15.1. The van der Waals surface area contributed by atoms with Gasteiger partial charge in [-0.2, -0.15) is 8.42 Å². The average molecular weight is 310 g/mol. The first-order valence-electron chi connectivity index (χ1n) is 6.17. The van der Waals surface area contributed by atoms with E-state index in [1.54, 1.807) is 20.8 Å². The molecular weight excluding hydrogens is 284 g/mol. The molecule has 8 heteroatoms. The molecule has 0 unspecified atom stereocenters. The van der Waals surface area contributed by atoms with Crippen LogP contribution in [-0.4, -0.2) is 44.2 Å². The van der Waals surface area contributed by atoms with Gasteiger partial charge in [0.15, 0.2) is 0 Å². The van der Waals surface area contributed by atoms with Crippen LogP contribution in [0.1, 0.15) is 33.6 Å². The van der Waals surface area contributed by atoms with Gasteiger partial charge in [0.2, 0.25) is 5.91 Å². The fourth-order valence-corrected chi connectivity index (χ4v) is 2.25. The highest BCUT2D eigenvalue weighted by Crippen LogP contribution is 2.21. The van der Waals surface area contributed by atoms with E-state index in [2.05, 4.69) is 11.9 Å². The maximum Gasteiger partial charge on any atom is 0.272 e. The van der Waals surface area contributed by atoms with Gasteiger partial charge in [-0.1, -0.05) is 6.58 Å². The Balaban J connectivity index is 0. The SMILES string of the molecule is C=C(C)C(=O)NCCCOS(=O)(=O)C(C)(C)CCN.O. The molecule has 0 spiro atoms. The topological polar surface area (TPSA) is 130 Å². The summed E-state index contributed by atoms with van der Waals surface area (Å²) in [7, 11) is -3.65. The second-order valence-electron chi connectivity index (χ2n) is 4.96. The van der Waals surface area contributed by atoms with Crippen LogP contribution in [0, 0.1) is 0 Å². The smallest absolute Gasteiger partial charge is 0.272 e. The van der Waals surface area contributed by atoms with Gasteiger partial charge >= 0.3 is 0 Å². The summed E-state index contributed by atoms with van der Waals surface area (Å²) in [6, 6.07) is 0. The number of rotatable bonds is 9. The molecule has 0 fully saturated rings. The highest BCUT2D eigenvalue weighted by molar-refractivity contribution is 7.88. The number of nitrogens with two attached hydrogens (primary N) is 1. The number of nitrogens with one attached hydrogen (secondary N) is 1. The lowest BCUT2D eigenvalue weighted by molar-refractivity contribution is -0.117. The molecular formula is C12H26N2O5S. The summed E-state index contributed by atoms with van der Waals surface area (Å²) in [4.78, 5) is 11.2. The van der Waals surface area contributed by atoms with Crippen LogP contribution in [0.4, 0.5) is 0 Å². The van der Waals surface area contributed by atoms with Crippen LogP contribution >= 0.6 is 0 Å². The van der Waals surface area contributed by atoms with Gasteiger partial charge in [-0.3, -0.25) is 8.98 Å². The minimum Gasteiger partial charge on any atom is -0.412 e. The summed E-state index contributed by atoms with van der Waals surface area (Å²) in [5.41, 5.74) is 5.79. The van der Waals surface area contributed by atoms with Crippen molar-refractivity contribution in [1.82, 2.24) is 5.32 Å². The molecule has 0 bridgehead atoms. The highest BCUT2D eigenvalue weighted by Gasteiger charge is 2.34. The van der Waals surface area contributed by atoms with Crippen molar-refractivity contribution in [3.63, 3.8) is 0 Å². The van der Waals surface area contributed by atoms with Crippen LogP contribution in [0.25, 0.3) is 0 Å². The lowest BCUT2D eigenvalue weighted by atomic mass is 10.1. The molecule has 5 N–H and O–H groups in total. The molecule has 20 heavy (non-hydrogen) atoms. The summed E-state index contributed by atoms with van der Waals surface area (Å²) in [5, 5.41) is 2.60. The fourth-order valence-electron chi connectivity index (χ4n) is 1.23. The average Bonchev–Trinajstić information content (AvgIpc) is 2.27. The Bertz CT molecular complexity index is 418. The first-order chi connectivity index (χ1) is 8.64. The van der Waals surface area contributed by atoms with Crippen LogP contribution < -0.4 is 11.1 Å². The first-order valence-corrected chi connectivity index (χ1v) is 7.57. The molecule has 0 aromatic heterocycles. The Labute approximate surface area is 121 Å². The number of carbonyl (C=O) groups excluding carboxylic acids is 1. The van der Waals surface area contributed by atoms with E-state index in [1.165, 1.54) is 0 Å². The number of amides is 1. The van der Waals surface area contributed by atoms with Crippen molar-refractivity contribution in [3.05, 3.63) is 12.2 Å². The minimum atomic E-state index is -3.65. The molecule has 0 rings (SSSR count). The third-order valence-corrected chi connectivity index (χ3v) is 4.69. The van der Waals surface area contributed by atoms with Crippen molar-refractivity contribution in [2.24, 2.45) is 5.73 Å². The van der Waals surface area contributed by atoms with E-state index in [-0.39, 0.29) is 24.5 Å². The van der Waals surface area contributed by atoms with Gasteiger partial charge in [-0.25, -0.2) is 0 Å². The molecule has 1 amide bonds. The molecule has 0 aliphatic heterocycles. The predicted octanol–water partition coefficient (Wildman–Crippen LogP) is -0.282. The van der Waals surface area contributed by atoms with E-state index in [1.807, 2.05) is 0 Å². The molecule has 0 aromatic carbocycles. The summed E-state index contributed by atoms with van der Waals surface area (Å²) >= 11 is 0. The molecule has 0 radical (unpaired) electrons. The quantitative estimate of drug-likeness (QED) is 0.343. The predicted molar refractivity (Wildman–Crippen MR) is 78.7 cm³/mol. The maximum atomic E-state index is 11.9. The second-order valence-corrected chi connectivity index (χ2v) is 7.21. The molecule has 0 aromatic rings. The molecule has 0 atom stereocenters. The van der Waals surface area contributed by atoms with Gasteiger partial charge in [-0.15, -0.1) is 0 Å². The van der Waals surface area contributed by atoms with Gasteiger partial charge in [0.05, 0.1) is 11.4 Å². The maximum absolute atomic E-state index is 11.9. The summed E-state index contributed by atoms with van der Waals surface area (Å²) in [5.74, 6) is -0.244. The van der Waals surface area contributed by atoms with Crippen molar-refractivity contribution in [2.45, 2.75) is 38.4 Å². The largest absolute Gasteiger partial charge is 0.412 e. The van der Waals surface area contributed by atoms with Gasteiger partial charge < -0.3 is 16.5 Å². The summed E-state index contributed by atoms with van der Waals surface area (Å²) < 4.78 is 27.7. The van der Waals surface area contributed by atoms with Gasteiger partial charge in [0.1, 0.15) is 0 Å². The second kappa shape index (κ2) is 9.06.